The molecule has 0 heterocycles. The summed E-state index contributed by atoms with van der Waals surface area (Å²) in [6.45, 7) is 5.88. The highest BCUT2D eigenvalue weighted by Crippen LogP contribution is 2.15. The second-order valence-corrected chi connectivity index (χ2v) is 6.94. The van der Waals surface area contributed by atoms with Gasteiger partial charge < -0.3 is 10.1 Å². The molecule has 0 aliphatic carbocycles. The quantitative estimate of drug-likeness (QED) is 0.570. The highest BCUT2D eigenvalue weighted by Gasteiger charge is 2.13. The molecule has 5 heteroatoms. The number of rotatable bonds is 8. The van der Waals surface area contributed by atoms with Crippen LogP contribution in [0.3, 0.4) is 0 Å². The van der Waals surface area contributed by atoms with Crippen molar-refractivity contribution in [2.75, 3.05) is 6.61 Å². The third-order valence-electron chi connectivity index (χ3n) is 4.12. The van der Waals surface area contributed by atoms with Gasteiger partial charge in [0.25, 0.3) is 5.91 Å². The Kier molecular flexibility index (Phi) is 7.29. The van der Waals surface area contributed by atoms with E-state index in [9.17, 15) is 14.4 Å². The molecule has 2 rings (SSSR count). The molecule has 0 bridgehead atoms. The van der Waals surface area contributed by atoms with Crippen LogP contribution in [0.15, 0.2) is 48.5 Å². The third kappa shape index (κ3) is 6.37. The van der Waals surface area contributed by atoms with Crippen LogP contribution in [0.1, 0.15) is 58.7 Å². The van der Waals surface area contributed by atoms with Gasteiger partial charge in [-0.3, -0.25) is 9.59 Å². The smallest absolute Gasteiger partial charge is 0.338 e. The van der Waals surface area contributed by atoms with Crippen LogP contribution >= 0.6 is 0 Å². The highest BCUT2D eigenvalue weighted by molar-refractivity contribution is 5.92. The normalized spacial score (nSPS) is 11.7. The molecule has 0 aromatic heterocycles. The summed E-state index contributed by atoms with van der Waals surface area (Å²) in [7, 11) is 0. The minimum absolute atomic E-state index is 0.184. The summed E-state index contributed by atoms with van der Waals surface area (Å²) in [6, 6.07) is 14.0. The fourth-order valence-corrected chi connectivity index (χ4v) is 2.69. The maximum absolute atomic E-state index is 12.0. The first-order valence-electron chi connectivity index (χ1n) is 8.99. The second kappa shape index (κ2) is 9.67. The average molecular weight is 367 g/mol. The van der Waals surface area contributed by atoms with Gasteiger partial charge >= 0.3 is 5.97 Å². The molecular weight excluding hydrogens is 342 g/mol. The molecule has 0 saturated carbocycles. The van der Waals surface area contributed by atoms with Crippen molar-refractivity contribution in [1.29, 1.82) is 0 Å². The zero-order valence-electron chi connectivity index (χ0n) is 15.9. The van der Waals surface area contributed by atoms with E-state index in [-0.39, 0.29) is 18.6 Å². The number of carbonyl (C=O) groups is 3. The number of hydrogen-bond acceptors (Lipinski definition) is 4. The van der Waals surface area contributed by atoms with Gasteiger partial charge in [0.05, 0.1) is 11.6 Å². The number of benzene rings is 2. The van der Waals surface area contributed by atoms with Gasteiger partial charge in [0.1, 0.15) is 6.29 Å². The monoisotopic (exact) mass is 367 g/mol. The van der Waals surface area contributed by atoms with E-state index in [1.807, 2.05) is 19.1 Å². The Balaban J connectivity index is 1.83. The van der Waals surface area contributed by atoms with Crippen molar-refractivity contribution in [2.24, 2.45) is 5.92 Å². The molecule has 27 heavy (non-hydrogen) atoms. The molecule has 0 aliphatic rings. The molecule has 1 N–H and O–H groups in total. The van der Waals surface area contributed by atoms with Crippen molar-refractivity contribution in [3.63, 3.8) is 0 Å². The first-order valence-corrected chi connectivity index (χ1v) is 8.99. The Morgan fingerprint density at radius 1 is 1.00 bits per heavy atom. The zero-order valence-corrected chi connectivity index (χ0v) is 15.9. The Labute approximate surface area is 159 Å². The number of aldehydes is 1. The van der Waals surface area contributed by atoms with Crippen molar-refractivity contribution >= 4 is 18.2 Å². The molecule has 142 valence electrons. The molecule has 1 atom stereocenters. The van der Waals surface area contributed by atoms with E-state index in [1.54, 1.807) is 0 Å². The maximum atomic E-state index is 12.0. The van der Waals surface area contributed by atoms with E-state index >= 15 is 0 Å². The van der Waals surface area contributed by atoms with Crippen LogP contribution in [0, 0.1) is 5.92 Å². The predicted molar refractivity (Wildman–Crippen MR) is 104 cm³/mol. The molecule has 0 fully saturated rings. The predicted octanol–water partition coefficient (Wildman–Crippen LogP) is 3.73. The fraction of sp³-hybridized carbons (Fsp3) is 0.318. The Morgan fingerprint density at radius 3 is 2.19 bits per heavy atom. The van der Waals surface area contributed by atoms with Crippen molar-refractivity contribution in [3.8, 4) is 0 Å². The number of esters is 1. The van der Waals surface area contributed by atoms with Gasteiger partial charge in [-0.2, -0.15) is 0 Å². The van der Waals surface area contributed by atoms with E-state index in [0.29, 0.717) is 23.3 Å². The Bertz CT molecular complexity index is 779. The first kappa shape index (κ1) is 20.4. The molecule has 0 saturated heterocycles. The molecule has 0 spiro atoms. The summed E-state index contributed by atoms with van der Waals surface area (Å²) in [4.78, 5) is 34.6. The summed E-state index contributed by atoms with van der Waals surface area (Å²) in [5.41, 5.74) is 3.02. The van der Waals surface area contributed by atoms with Crippen molar-refractivity contribution in [3.05, 3.63) is 70.8 Å². The summed E-state index contributed by atoms with van der Waals surface area (Å²) in [5.74, 6) is -0.378. The van der Waals surface area contributed by atoms with E-state index in [1.165, 1.54) is 29.8 Å². The topological polar surface area (TPSA) is 72.5 Å². The van der Waals surface area contributed by atoms with Crippen molar-refractivity contribution < 1.29 is 19.1 Å². The number of nitrogens with one attached hydrogen (secondary N) is 1. The zero-order chi connectivity index (χ0) is 19.8. The largest absolute Gasteiger partial charge is 0.452 e. The van der Waals surface area contributed by atoms with E-state index < -0.39 is 5.97 Å². The minimum Gasteiger partial charge on any atom is -0.452 e. The lowest BCUT2D eigenvalue weighted by molar-refractivity contribution is -0.124. The van der Waals surface area contributed by atoms with Gasteiger partial charge in [0.2, 0.25) is 0 Å². The number of hydrogen-bond donors (Lipinski definition) is 1. The van der Waals surface area contributed by atoms with E-state index in [4.69, 9.17) is 4.74 Å². The lowest BCUT2D eigenvalue weighted by atomic mass is 10.00. The lowest BCUT2D eigenvalue weighted by Crippen LogP contribution is -2.31. The Morgan fingerprint density at radius 2 is 1.63 bits per heavy atom. The van der Waals surface area contributed by atoms with Crippen LogP contribution in [0.25, 0.3) is 0 Å². The molecule has 0 unspecified atom stereocenters. The van der Waals surface area contributed by atoms with Crippen LogP contribution in [0.4, 0.5) is 0 Å². The van der Waals surface area contributed by atoms with Gasteiger partial charge in [-0.05, 0) is 42.5 Å². The van der Waals surface area contributed by atoms with Crippen LogP contribution in [-0.2, 0) is 16.0 Å². The third-order valence-corrected chi connectivity index (χ3v) is 4.12. The van der Waals surface area contributed by atoms with Crippen LogP contribution < -0.4 is 5.32 Å². The summed E-state index contributed by atoms with van der Waals surface area (Å²) < 4.78 is 5.02. The second-order valence-electron chi connectivity index (χ2n) is 6.94. The number of ether oxygens (including phenoxy) is 1. The van der Waals surface area contributed by atoms with Crippen LogP contribution in [0.5, 0.6) is 0 Å². The van der Waals surface area contributed by atoms with Crippen molar-refractivity contribution in [2.45, 2.75) is 33.2 Å². The highest BCUT2D eigenvalue weighted by atomic mass is 16.5. The van der Waals surface area contributed by atoms with Crippen molar-refractivity contribution in [1.82, 2.24) is 5.32 Å². The molecule has 2 aromatic carbocycles. The molecule has 0 aliphatic heterocycles. The summed E-state index contributed by atoms with van der Waals surface area (Å²) in [5, 5.41) is 2.82. The summed E-state index contributed by atoms with van der Waals surface area (Å²) >= 11 is 0. The van der Waals surface area contributed by atoms with E-state index in [0.717, 1.165) is 12.0 Å². The van der Waals surface area contributed by atoms with Crippen LogP contribution in [-0.4, -0.2) is 24.8 Å². The maximum Gasteiger partial charge on any atom is 0.338 e. The Hall–Kier alpha value is -2.95. The molecule has 2 aromatic rings. The van der Waals surface area contributed by atoms with Gasteiger partial charge in [-0.1, -0.05) is 50.2 Å². The summed E-state index contributed by atoms with van der Waals surface area (Å²) in [6.07, 6.45) is 1.71. The van der Waals surface area contributed by atoms with Gasteiger partial charge in [-0.25, -0.2) is 4.79 Å². The van der Waals surface area contributed by atoms with E-state index in [2.05, 4.69) is 31.3 Å². The number of carbonyl (C=O) groups excluding carboxylic acids is 3. The first-order chi connectivity index (χ1) is 12.9. The molecule has 5 nitrogen and oxygen atoms in total. The fourth-order valence-electron chi connectivity index (χ4n) is 2.69. The van der Waals surface area contributed by atoms with Gasteiger partial charge in [0, 0.05) is 5.56 Å². The minimum atomic E-state index is -0.603. The SMILES string of the molecule is CC(C)Cc1ccc([C@@H](C)NC(=O)COC(=O)c2ccc(C=O)cc2)cc1. The van der Waals surface area contributed by atoms with Gasteiger partial charge in [-0.15, -0.1) is 0 Å². The van der Waals surface area contributed by atoms with Gasteiger partial charge in [0.15, 0.2) is 6.61 Å². The average Bonchev–Trinajstić information content (AvgIpc) is 2.66. The molecule has 1 amide bonds. The standard InChI is InChI=1S/C22H25NO4/c1-15(2)12-17-4-8-19(9-5-17)16(3)23-21(25)14-27-22(26)20-10-6-18(13-24)7-11-20/h4-11,13,15-16H,12,14H2,1-3H3,(H,23,25)/t16-/m1/s1. The lowest BCUT2D eigenvalue weighted by Gasteiger charge is -2.15. The number of amides is 1. The molecular formula is C22H25NO4. The molecule has 0 radical (unpaired) electrons. The van der Waals surface area contributed by atoms with Crippen LogP contribution in [0.2, 0.25) is 0 Å².